The largest absolute Gasteiger partial charge is 0.273 e. The molecule has 7 nitrogen and oxygen atoms in total. The van der Waals surface area contributed by atoms with Crippen molar-refractivity contribution in [2.45, 2.75) is 13.8 Å². The average Bonchev–Trinajstić information content (AvgIpc) is 2.53. The lowest BCUT2D eigenvalue weighted by atomic mass is 10.1. The number of rotatable bonds is 4. The SMILES string of the molecule is C/C(=N/NC(=O)c1ccc(C)c([N+](=O)[O-])c1)c1ccccn1. The molecule has 0 saturated carbocycles. The van der Waals surface area contributed by atoms with E-state index in [9.17, 15) is 14.9 Å². The van der Waals surface area contributed by atoms with E-state index < -0.39 is 10.8 Å². The Labute approximate surface area is 126 Å². The molecule has 0 radical (unpaired) electrons. The predicted molar refractivity (Wildman–Crippen MR) is 81.7 cm³/mol. The number of benzene rings is 1. The second-order valence-corrected chi connectivity index (χ2v) is 4.61. The van der Waals surface area contributed by atoms with Crippen LogP contribution in [-0.2, 0) is 0 Å². The highest BCUT2D eigenvalue weighted by atomic mass is 16.6. The molecule has 1 N–H and O–H groups in total. The highest BCUT2D eigenvalue weighted by Crippen LogP contribution is 2.19. The van der Waals surface area contributed by atoms with E-state index >= 15 is 0 Å². The number of nitrogens with zero attached hydrogens (tertiary/aromatic N) is 3. The van der Waals surface area contributed by atoms with Crippen molar-refractivity contribution in [1.29, 1.82) is 0 Å². The predicted octanol–water partition coefficient (Wildman–Crippen LogP) is 2.45. The molecule has 0 bridgehead atoms. The molecule has 0 aliphatic carbocycles. The van der Waals surface area contributed by atoms with Gasteiger partial charge in [0.15, 0.2) is 0 Å². The summed E-state index contributed by atoms with van der Waals surface area (Å²) in [5.74, 6) is -0.515. The molecule has 1 heterocycles. The zero-order chi connectivity index (χ0) is 16.1. The Kier molecular flexibility index (Phi) is 4.57. The van der Waals surface area contributed by atoms with Gasteiger partial charge in [-0.25, -0.2) is 5.43 Å². The first kappa shape index (κ1) is 15.3. The summed E-state index contributed by atoms with van der Waals surface area (Å²) in [7, 11) is 0. The smallest absolute Gasteiger partial charge is 0.267 e. The van der Waals surface area contributed by atoms with Crippen molar-refractivity contribution in [3.05, 3.63) is 69.5 Å². The maximum absolute atomic E-state index is 12.0. The van der Waals surface area contributed by atoms with Crippen LogP contribution in [0.3, 0.4) is 0 Å². The van der Waals surface area contributed by atoms with Crippen LogP contribution in [0.2, 0.25) is 0 Å². The number of nitro benzene ring substituents is 1. The summed E-state index contributed by atoms with van der Waals surface area (Å²) in [6, 6.07) is 9.64. The Hall–Kier alpha value is -3.09. The van der Waals surface area contributed by atoms with Gasteiger partial charge in [0.1, 0.15) is 0 Å². The zero-order valence-corrected chi connectivity index (χ0v) is 12.1. The minimum atomic E-state index is -0.519. The lowest BCUT2D eigenvalue weighted by Crippen LogP contribution is -2.19. The Balaban J connectivity index is 2.16. The maximum Gasteiger partial charge on any atom is 0.273 e. The molecule has 1 amide bonds. The second-order valence-electron chi connectivity index (χ2n) is 4.61. The summed E-state index contributed by atoms with van der Waals surface area (Å²) in [6.07, 6.45) is 1.62. The Morgan fingerprint density at radius 2 is 2.09 bits per heavy atom. The van der Waals surface area contributed by atoms with Crippen LogP contribution in [0.15, 0.2) is 47.7 Å². The van der Waals surface area contributed by atoms with Crippen LogP contribution in [0.5, 0.6) is 0 Å². The van der Waals surface area contributed by atoms with Crippen molar-refractivity contribution in [1.82, 2.24) is 10.4 Å². The minimum Gasteiger partial charge on any atom is -0.267 e. The first-order valence-electron chi connectivity index (χ1n) is 6.50. The standard InChI is InChI=1S/C15H14N4O3/c1-10-6-7-12(9-14(10)19(21)22)15(20)18-17-11(2)13-5-3-4-8-16-13/h3-9H,1-2H3,(H,18,20)/b17-11-. The first-order chi connectivity index (χ1) is 10.5. The van der Waals surface area contributed by atoms with Gasteiger partial charge < -0.3 is 0 Å². The highest BCUT2D eigenvalue weighted by molar-refractivity contribution is 5.99. The van der Waals surface area contributed by atoms with Gasteiger partial charge in [-0.15, -0.1) is 0 Å². The van der Waals surface area contributed by atoms with Crippen LogP contribution in [-0.4, -0.2) is 21.5 Å². The summed E-state index contributed by atoms with van der Waals surface area (Å²) in [5.41, 5.74) is 4.12. The second kappa shape index (κ2) is 6.57. The zero-order valence-electron chi connectivity index (χ0n) is 12.1. The molecule has 22 heavy (non-hydrogen) atoms. The number of nitro groups is 1. The van der Waals surface area contributed by atoms with E-state index in [1.807, 2.05) is 6.07 Å². The number of hydrazone groups is 1. The van der Waals surface area contributed by atoms with Crippen LogP contribution in [0, 0.1) is 17.0 Å². The lowest BCUT2D eigenvalue weighted by Gasteiger charge is -2.03. The van der Waals surface area contributed by atoms with Crippen LogP contribution in [0.4, 0.5) is 5.69 Å². The van der Waals surface area contributed by atoms with Crippen LogP contribution in [0.1, 0.15) is 28.5 Å². The van der Waals surface area contributed by atoms with E-state index in [0.717, 1.165) is 0 Å². The van der Waals surface area contributed by atoms with Gasteiger partial charge in [-0.05, 0) is 32.0 Å². The molecule has 0 saturated heterocycles. The molecule has 2 aromatic rings. The molecule has 112 valence electrons. The maximum atomic E-state index is 12.0. The van der Waals surface area contributed by atoms with E-state index in [1.165, 1.54) is 18.2 Å². The highest BCUT2D eigenvalue weighted by Gasteiger charge is 2.14. The third-order valence-electron chi connectivity index (χ3n) is 3.03. The Morgan fingerprint density at radius 1 is 1.32 bits per heavy atom. The van der Waals surface area contributed by atoms with Gasteiger partial charge in [-0.2, -0.15) is 5.10 Å². The van der Waals surface area contributed by atoms with Gasteiger partial charge in [0, 0.05) is 23.4 Å². The van der Waals surface area contributed by atoms with Gasteiger partial charge in [0.25, 0.3) is 11.6 Å². The summed E-state index contributed by atoms with van der Waals surface area (Å²) in [4.78, 5) is 26.5. The third kappa shape index (κ3) is 3.51. The molecule has 0 spiro atoms. The van der Waals surface area contributed by atoms with Crippen molar-refractivity contribution in [3.8, 4) is 0 Å². The van der Waals surface area contributed by atoms with E-state index in [2.05, 4.69) is 15.5 Å². The fraction of sp³-hybridized carbons (Fsp3) is 0.133. The molecule has 7 heteroatoms. The molecule has 1 aromatic carbocycles. The number of hydrogen-bond donors (Lipinski definition) is 1. The lowest BCUT2D eigenvalue weighted by molar-refractivity contribution is -0.385. The first-order valence-corrected chi connectivity index (χ1v) is 6.50. The molecule has 0 aliphatic rings. The molecule has 0 atom stereocenters. The summed E-state index contributed by atoms with van der Waals surface area (Å²) >= 11 is 0. The number of hydrogen-bond acceptors (Lipinski definition) is 5. The topological polar surface area (TPSA) is 97.5 Å². The molecule has 0 aliphatic heterocycles. The van der Waals surface area contributed by atoms with Gasteiger partial charge in [-0.1, -0.05) is 12.1 Å². The Bertz CT molecular complexity index is 742. The third-order valence-corrected chi connectivity index (χ3v) is 3.03. The van der Waals surface area contributed by atoms with Crippen molar-refractivity contribution >= 4 is 17.3 Å². The van der Waals surface area contributed by atoms with Gasteiger partial charge in [-0.3, -0.25) is 19.9 Å². The van der Waals surface area contributed by atoms with Crippen molar-refractivity contribution in [2.24, 2.45) is 5.10 Å². The Morgan fingerprint density at radius 3 is 2.73 bits per heavy atom. The number of carbonyl (C=O) groups is 1. The van der Waals surface area contributed by atoms with Crippen LogP contribution < -0.4 is 5.43 Å². The summed E-state index contributed by atoms with van der Waals surface area (Å²) in [6.45, 7) is 3.32. The van der Waals surface area contributed by atoms with Crippen LogP contribution in [0.25, 0.3) is 0 Å². The summed E-state index contributed by atoms with van der Waals surface area (Å²) < 4.78 is 0. The molecule has 2 rings (SSSR count). The average molecular weight is 298 g/mol. The van der Waals surface area contributed by atoms with Crippen molar-refractivity contribution in [3.63, 3.8) is 0 Å². The van der Waals surface area contributed by atoms with E-state index in [4.69, 9.17) is 0 Å². The molecule has 1 aromatic heterocycles. The van der Waals surface area contributed by atoms with Gasteiger partial charge in [0.05, 0.1) is 16.3 Å². The van der Waals surface area contributed by atoms with Crippen molar-refractivity contribution in [2.75, 3.05) is 0 Å². The number of carbonyl (C=O) groups excluding carboxylic acids is 1. The molecule has 0 unspecified atom stereocenters. The fourth-order valence-corrected chi connectivity index (χ4v) is 1.78. The normalized spacial score (nSPS) is 11.1. The van der Waals surface area contributed by atoms with Crippen molar-refractivity contribution < 1.29 is 9.72 Å². The van der Waals surface area contributed by atoms with Gasteiger partial charge in [0.2, 0.25) is 0 Å². The summed E-state index contributed by atoms with van der Waals surface area (Å²) in [5, 5.41) is 14.8. The van der Waals surface area contributed by atoms with Gasteiger partial charge >= 0.3 is 0 Å². The van der Waals surface area contributed by atoms with E-state index in [-0.39, 0.29) is 11.3 Å². The number of aromatic nitrogens is 1. The fourth-order valence-electron chi connectivity index (χ4n) is 1.78. The molecule has 0 fully saturated rings. The minimum absolute atomic E-state index is 0.0990. The van der Waals surface area contributed by atoms with Crippen LogP contribution >= 0.6 is 0 Å². The molecular formula is C15H14N4O3. The van der Waals surface area contributed by atoms with E-state index in [0.29, 0.717) is 17.0 Å². The number of amides is 1. The number of aryl methyl sites for hydroxylation is 1. The monoisotopic (exact) mass is 298 g/mol. The molecular weight excluding hydrogens is 284 g/mol. The number of pyridine rings is 1. The quantitative estimate of drug-likeness (QED) is 0.532. The number of nitrogens with one attached hydrogen (secondary N) is 1. The van der Waals surface area contributed by atoms with E-state index in [1.54, 1.807) is 32.2 Å².